The fourth-order valence-corrected chi connectivity index (χ4v) is 10.7. The van der Waals surface area contributed by atoms with Gasteiger partial charge in [-0.2, -0.15) is 13.2 Å². The zero-order valence-electron chi connectivity index (χ0n) is 30.8. The van der Waals surface area contributed by atoms with E-state index in [4.69, 9.17) is 0 Å². The first kappa shape index (κ1) is 36.6. The van der Waals surface area contributed by atoms with Crippen molar-refractivity contribution in [2.45, 2.75) is 126 Å². The SMILES string of the molecule is Cc1ccc2c(c1)CCC[C@@H]1CC(=O)CC[C@@]21Cc1ccccc1.Cc1ccc2c(c1)CCC[C@@H]1C[C@@](O)(C(F)(F)F)CC[C@@]21Cc1ccccc1. The molecule has 0 unspecified atom stereocenters. The van der Waals surface area contributed by atoms with Crippen molar-refractivity contribution in [1.29, 1.82) is 0 Å². The van der Waals surface area contributed by atoms with Crippen LogP contribution in [-0.4, -0.2) is 22.7 Å². The van der Waals surface area contributed by atoms with Crippen molar-refractivity contribution >= 4 is 5.78 Å². The lowest BCUT2D eigenvalue weighted by Gasteiger charge is -2.50. The summed E-state index contributed by atoms with van der Waals surface area (Å²) in [6.07, 6.45) is 5.74. The smallest absolute Gasteiger partial charge is 0.380 e. The number of hydrogen-bond acceptors (Lipinski definition) is 2. The normalized spacial score (nSPS) is 28.5. The van der Waals surface area contributed by atoms with Gasteiger partial charge in [-0.3, -0.25) is 4.79 Å². The van der Waals surface area contributed by atoms with Crippen LogP contribution in [-0.2, 0) is 41.3 Å². The highest BCUT2D eigenvalue weighted by molar-refractivity contribution is 5.80. The first-order valence-electron chi connectivity index (χ1n) is 19.5. The fourth-order valence-electron chi connectivity index (χ4n) is 10.7. The van der Waals surface area contributed by atoms with E-state index in [2.05, 4.69) is 92.7 Å². The molecule has 1 N–H and O–H groups in total. The van der Waals surface area contributed by atoms with E-state index in [1.54, 1.807) is 0 Å². The van der Waals surface area contributed by atoms with E-state index < -0.39 is 11.8 Å². The maximum Gasteiger partial charge on any atom is 0.417 e. The van der Waals surface area contributed by atoms with Crippen LogP contribution in [0.1, 0.15) is 109 Å². The standard InChI is InChI=1S/C24H27F3O.C23H26O/c1-17-10-11-21-19(14-17)8-5-9-20-16-23(28,24(25,26)27)13-12-22(20,21)15-18-6-3-2-4-7-18;1-17-10-11-22-19(14-17)8-5-9-20-15-21(24)12-13-23(20,22)16-18-6-3-2-4-7-18/h2-4,6-7,10-11,14,20,28H,5,8-9,12-13,15-16H2,1H3;2-4,6-7,10-11,14,20H,5,8-9,12-13,15-16H2,1H3/t20-,22+,23-;20-,23+/m11/s1. The second kappa shape index (κ2) is 14.6. The van der Waals surface area contributed by atoms with E-state index in [1.165, 1.54) is 51.8 Å². The van der Waals surface area contributed by atoms with Crippen molar-refractivity contribution in [2.24, 2.45) is 11.8 Å². The molecule has 8 rings (SSSR count). The van der Waals surface area contributed by atoms with E-state index in [9.17, 15) is 23.1 Å². The van der Waals surface area contributed by atoms with Crippen LogP contribution in [0.2, 0.25) is 0 Å². The molecule has 4 aliphatic rings. The molecule has 2 nitrogen and oxygen atoms in total. The molecule has 0 radical (unpaired) electrons. The lowest BCUT2D eigenvalue weighted by molar-refractivity contribution is -0.279. The van der Waals surface area contributed by atoms with Gasteiger partial charge >= 0.3 is 6.18 Å². The largest absolute Gasteiger partial charge is 0.417 e. The fraction of sp³-hybridized carbons (Fsp3) is 0.468. The van der Waals surface area contributed by atoms with Gasteiger partial charge in [-0.15, -0.1) is 0 Å². The van der Waals surface area contributed by atoms with E-state index in [0.29, 0.717) is 18.1 Å². The molecule has 274 valence electrons. The summed E-state index contributed by atoms with van der Waals surface area (Å²) in [5.74, 6) is 0.791. The highest BCUT2D eigenvalue weighted by Crippen LogP contribution is 2.57. The van der Waals surface area contributed by atoms with Gasteiger partial charge in [0.05, 0.1) is 0 Å². The molecule has 2 fully saturated rings. The molecule has 0 saturated heterocycles. The number of ketones is 1. The summed E-state index contributed by atoms with van der Waals surface area (Å²) in [5, 5.41) is 10.5. The maximum atomic E-state index is 13.6. The number of Topliss-reactive ketones (excluding diaryl/α,β-unsaturated/α-hetero) is 1. The summed E-state index contributed by atoms with van der Waals surface area (Å²) in [6.45, 7) is 4.26. The van der Waals surface area contributed by atoms with Gasteiger partial charge in [0, 0.05) is 23.7 Å². The zero-order valence-corrected chi connectivity index (χ0v) is 30.8. The summed E-state index contributed by atoms with van der Waals surface area (Å²) >= 11 is 0. The minimum Gasteiger partial charge on any atom is -0.380 e. The van der Waals surface area contributed by atoms with Crippen LogP contribution in [0.25, 0.3) is 0 Å². The molecule has 0 heterocycles. The number of fused-ring (bicyclic) bond motifs is 6. The third-order valence-corrected chi connectivity index (χ3v) is 13.3. The Bertz CT molecular complexity index is 1870. The quantitative estimate of drug-likeness (QED) is 0.229. The molecule has 5 atom stereocenters. The minimum atomic E-state index is -4.58. The summed E-state index contributed by atoms with van der Waals surface area (Å²) < 4.78 is 40.9. The van der Waals surface area contributed by atoms with Crippen molar-refractivity contribution in [3.05, 3.63) is 142 Å². The molecular weight excluding hydrogens is 654 g/mol. The molecule has 4 aromatic carbocycles. The average Bonchev–Trinajstić information content (AvgIpc) is 3.36. The molecule has 4 aromatic rings. The highest BCUT2D eigenvalue weighted by atomic mass is 19.4. The second-order valence-corrected chi connectivity index (χ2v) is 16.6. The molecule has 0 aliphatic heterocycles. The predicted molar refractivity (Wildman–Crippen MR) is 203 cm³/mol. The van der Waals surface area contributed by atoms with Gasteiger partial charge in [0.25, 0.3) is 0 Å². The number of halogens is 3. The Kier molecular flexibility index (Phi) is 10.3. The van der Waals surface area contributed by atoms with Gasteiger partial charge in [-0.1, -0.05) is 108 Å². The van der Waals surface area contributed by atoms with Crippen LogP contribution in [0, 0.1) is 25.7 Å². The average molecular weight is 707 g/mol. The van der Waals surface area contributed by atoms with Crippen molar-refractivity contribution in [3.63, 3.8) is 0 Å². The van der Waals surface area contributed by atoms with Crippen LogP contribution >= 0.6 is 0 Å². The number of rotatable bonds is 4. The number of alkyl halides is 3. The predicted octanol–water partition coefficient (Wildman–Crippen LogP) is 11.1. The summed E-state index contributed by atoms with van der Waals surface area (Å²) in [5.41, 5.74) is 7.88. The van der Waals surface area contributed by atoms with E-state index in [1.807, 2.05) is 18.2 Å². The van der Waals surface area contributed by atoms with E-state index >= 15 is 0 Å². The molecule has 0 amide bonds. The Labute approximate surface area is 307 Å². The molecule has 0 bridgehead atoms. The number of carbonyl (C=O) groups excluding carboxylic acids is 1. The lowest BCUT2D eigenvalue weighted by Crippen LogP contribution is -2.55. The topological polar surface area (TPSA) is 37.3 Å². The molecule has 52 heavy (non-hydrogen) atoms. The number of hydrogen-bond donors (Lipinski definition) is 1. The van der Waals surface area contributed by atoms with Gasteiger partial charge in [-0.05, 0) is 136 Å². The molecule has 0 spiro atoms. The van der Waals surface area contributed by atoms with Gasteiger partial charge < -0.3 is 5.11 Å². The van der Waals surface area contributed by atoms with Gasteiger partial charge in [0.15, 0.2) is 5.60 Å². The number of benzene rings is 4. The number of carbonyl (C=O) groups is 1. The third kappa shape index (κ3) is 7.15. The molecule has 2 saturated carbocycles. The van der Waals surface area contributed by atoms with Crippen LogP contribution in [0.15, 0.2) is 97.1 Å². The lowest BCUT2D eigenvalue weighted by atomic mass is 9.56. The van der Waals surface area contributed by atoms with Crippen LogP contribution in [0.4, 0.5) is 13.2 Å². The summed E-state index contributed by atoms with van der Waals surface area (Å²) in [4.78, 5) is 12.2. The monoisotopic (exact) mass is 706 g/mol. The molecule has 4 aliphatic carbocycles. The van der Waals surface area contributed by atoms with Crippen molar-refractivity contribution in [1.82, 2.24) is 0 Å². The molecule has 5 heteroatoms. The Morgan fingerprint density at radius 3 is 1.67 bits per heavy atom. The molecule has 0 aromatic heterocycles. The van der Waals surface area contributed by atoms with Gasteiger partial charge in [0.2, 0.25) is 0 Å². The Hall–Kier alpha value is -3.70. The highest BCUT2D eigenvalue weighted by Gasteiger charge is 2.61. The van der Waals surface area contributed by atoms with E-state index in [0.717, 1.165) is 63.4 Å². The van der Waals surface area contributed by atoms with E-state index in [-0.39, 0.29) is 29.6 Å². The Morgan fingerprint density at radius 2 is 1.15 bits per heavy atom. The van der Waals surface area contributed by atoms with Crippen LogP contribution in [0.5, 0.6) is 0 Å². The summed E-state index contributed by atoms with van der Waals surface area (Å²) in [6, 6.07) is 34.4. The van der Waals surface area contributed by atoms with Gasteiger partial charge in [-0.25, -0.2) is 0 Å². The van der Waals surface area contributed by atoms with Gasteiger partial charge in [0.1, 0.15) is 5.78 Å². The number of aliphatic hydroxyl groups is 1. The maximum absolute atomic E-state index is 13.6. The van der Waals surface area contributed by atoms with Crippen molar-refractivity contribution in [3.8, 4) is 0 Å². The van der Waals surface area contributed by atoms with Crippen LogP contribution < -0.4 is 0 Å². The molecular formula is C47H53F3O2. The zero-order chi connectivity index (χ0) is 36.6. The van der Waals surface area contributed by atoms with Crippen molar-refractivity contribution in [2.75, 3.05) is 0 Å². The summed E-state index contributed by atoms with van der Waals surface area (Å²) in [7, 11) is 0. The minimum absolute atomic E-state index is 0.148. The first-order chi connectivity index (χ1) is 24.9. The van der Waals surface area contributed by atoms with Crippen LogP contribution in [0.3, 0.4) is 0 Å². The number of aryl methyl sites for hydroxylation is 4. The first-order valence-corrected chi connectivity index (χ1v) is 19.5. The second-order valence-electron chi connectivity index (χ2n) is 16.6. The Balaban J connectivity index is 0.000000164. The third-order valence-electron chi connectivity index (χ3n) is 13.3. The Morgan fingerprint density at radius 1 is 0.654 bits per heavy atom. The van der Waals surface area contributed by atoms with Crippen molar-refractivity contribution < 1.29 is 23.1 Å².